The molecule has 2 N–H and O–H groups in total. The third-order valence-corrected chi connectivity index (χ3v) is 4.85. The standard InChI is InChI=1S/C19H24O5S/c1-2-3-4-5-9-12-17-18(24-16-10-7-6-8-11-16)13-15(20)14-19(17)25(21,22)23/h6-8,10-11,13-14,20H,2-5,9,12H2,1H3,(H,21,22,23). The first kappa shape index (κ1) is 19.3. The first-order valence-corrected chi connectivity index (χ1v) is 9.92. The lowest BCUT2D eigenvalue weighted by Crippen LogP contribution is -2.05. The molecule has 0 atom stereocenters. The number of para-hydroxylation sites is 1. The average molecular weight is 364 g/mol. The molecular weight excluding hydrogens is 340 g/mol. The quantitative estimate of drug-likeness (QED) is 0.486. The molecule has 0 aliphatic carbocycles. The lowest BCUT2D eigenvalue weighted by atomic mass is 10.0. The highest BCUT2D eigenvalue weighted by Crippen LogP contribution is 2.35. The van der Waals surface area contributed by atoms with Crippen LogP contribution >= 0.6 is 0 Å². The molecule has 0 saturated carbocycles. The molecule has 0 heterocycles. The monoisotopic (exact) mass is 364 g/mol. The van der Waals surface area contributed by atoms with E-state index in [1.54, 1.807) is 24.3 Å². The van der Waals surface area contributed by atoms with Gasteiger partial charge in [0, 0.05) is 17.7 Å². The van der Waals surface area contributed by atoms with Gasteiger partial charge >= 0.3 is 0 Å². The Bertz CT molecular complexity index is 785. The van der Waals surface area contributed by atoms with E-state index < -0.39 is 10.1 Å². The van der Waals surface area contributed by atoms with Crippen LogP contribution in [-0.4, -0.2) is 18.1 Å². The Hall–Kier alpha value is -2.05. The molecule has 2 aromatic rings. The highest BCUT2D eigenvalue weighted by molar-refractivity contribution is 7.85. The van der Waals surface area contributed by atoms with E-state index >= 15 is 0 Å². The molecule has 136 valence electrons. The lowest BCUT2D eigenvalue weighted by molar-refractivity contribution is 0.440. The van der Waals surface area contributed by atoms with Gasteiger partial charge in [-0.3, -0.25) is 4.55 Å². The van der Waals surface area contributed by atoms with Gasteiger partial charge in [0.15, 0.2) is 0 Å². The Morgan fingerprint density at radius 2 is 1.68 bits per heavy atom. The molecule has 0 aliphatic rings. The summed E-state index contributed by atoms with van der Waals surface area (Å²) >= 11 is 0. The van der Waals surface area contributed by atoms with Crippen molar-refractivity contribution in [2.75, 3.05) is 0 Å². The van der Waals surface area contributed by atoms with Crippen molar-refractivity contribution in [1.29, 1.82) is 0 Å². The van der Waals surface area contributed by atoms with Crippen LogP contribution in [0.3, 0.4) is 0 Å². The van der Waals surface area contributed by atoms with Gasteiger partial charge < -0.3 is 9.84 Å². The van der Waals surface area contributed by atoms with Gasteiger partial charge in [0.1, 0.15) is 22.1 Å². The Balaban J connectivity index is 2.33. The number of phenolic OH excluding ortho intramolecular Hbond substituents is 1. The topological polar surface area (TPSA) is 83.8 Å². The van der Waals surface area contributed by atoms with Crippen LogP contribution in [0.25, 0.3) is 0 Å². The molecule has 2 rings (SSSR count). The van der Waals surface area contributed by atoms with E-state index in [1.807, 2.05) is 6.07 Å². The summed E-state index contributed by atoms with van der Waals surface area (Å²) in [7, 11) is -4.46. The fourth-order valence-electron chi connectivity index (χ4n) is 2.69. The maximum absolute atomic E-state index is 11.7. The number of benzene rings is 2. The highest BCUT2D eigenvalue weighted by Gasteiger charge is 2.21. The predicted octanol–water partition coefficient (Wildman–Crippen LogP) is 4.94. The summed E-state index contributed by atoms with van der Waals surface area (Å²) in [4.78, 5) is -0.297. The Morgan fingerprint density at radius 3 is 2.32 bits per heavy atom. The zero-order valence-electron chi connectivity index (χ0n) is 14.3. The van der Waals surface area contributed by atoms with Gasteiger partial charge in [0.25, 0.3) is 10.1 Å². The van der Waals surface area contributed by atoms with Crippen molar-refractivity contribution in [1.82, 2.24) is 0 Å². The Morgan fingerprint density at radius 1 is 1.00 bits per heavy atom. The van der Waals surface area contributed by atoms with Gasteiger partial charge in [0.2, 0.25) is 0 Å². The van der Waals surface area contributed by atoms with E-state index in [-0.39, 0.29) is 16.4 Å². The van der Waals surface area contributed by atoms with Gasteiger partial charge in [-0.1, -0.05) is 50.8 Å². The van der Waals surface area contributed by atoms with E-state index in [0.29, 0.717) is 17.7 Å². The summed E-state index contributed by atoms with van der Waals surface area (Å²) in [6.07, 6.45) is 5.51. The molecule has 0 fully saturated rings. The van der Waals surface area contributed by atoms with Crippen LogP contribution in [0.1, 0.15) is 44.6 Å². The van der Waals surface area contributed by atoms with Crippen molar-refractivity contribution in [2.45, 2.75) is 50.3 Å². The molecule has 0 aliphatic heterocycles. The molecule has 0 spiro atoms. The van der Waals surface area contributed by atoms with E-state index in [2.05, 4.69) is 6.92 Å². The fraction of sp³-hybridized carbons (Fsp3) is 0.368. The van der Waals surface area contributed by atoms with Crippen LogP contribution in [0.5, 0.6) is 17.2 Å². The molecule has 0 aromatic heterocycles. The number of aromatic hydroxyl groups is 1. The molecule has 0 radical (unpaired) electrons. The second kappa shape index (κ2) is 8.87. The SMILES string of the molecule is CCCCCCCc1c(Oc2ccccc2)cc(O)cc1S(=O)(=O)O. The summed E-state index contributed by atoms with van der Waals surface area (Å²) in [6.45, 7) is 2.13. The summed E-state index contributed by atoms with van der Waals surface area (Å²) < 4.78 is 38.8. The fourth-order valence-corrected chi connectivity index (χ4v) is 3.48. The van der Waals surface area contributed by atoms with Gasteiger partial charge in [-0.25, -0.2) is 0 Å². The lowest BCUT2D eigenvalue weighted by Gasteiger charge is -2.15. The van der Waals surface area contributed by atoms with Gasteiger partial charge in [-0.2, -0.15) is 8.42 Å². The zero-order chi connectivity index (χ0) is 18.3. The van der Waals surface area contributed by atoms with Crippen LogP contribution in [0.4, 0.5) is 0 Å². The number of hydrogen-bond donors (Lipinski definition) is 2. The molecule has 6 heteroatoms. The van der Waals surface area contributed by atoms with Crippen molar-refractivity contribution < 1.29 is 22.8 Å². The van der Waals surface area contributed by atoms with E-state index in [4.69, 9.17) is 4.74 Å². The first-order chi connectivity index (χ1) is 11.9. The van der Waals surface area contributed by atoms with Crippen molar-refractivity contribution in [3.8, 4) is 17.2 Å². The number of rotatable bonds is 9. The van der Waals surface area contributed by atoms with Gasteiger partial charge in [-0.15, -0.1) is 0 Å². The van der Waals surface area contributed by atoms with Crippen LogP contribution in [0, 0.1) is 0 Å². The molecule has 25 heavy (non-hydrogen) atoms. The van der Waals surface area contributed by atoms with Gasteiger partial charge in [-0.05, 0) is 25.0 Å². The highest BCUT2D eigenvalue weighted by atomic mass is 32.2. The summed E-state index contributed by atoms with van der Waals surface area (Å²) in [5.74, 6) is 0.504. The van der Waals surface area contributed by atoms with Crippen LogP contribution in [0.2, 0.25) is 0 Å². The molecule has 0 saturated heterocycles. The molecule has 0 amide bonds. The summed E-state index contributed by atoms with van der Waals surface area (Å²) in [5.41, 5.74) is 0.389. The minimum absolute atomic E-state index is 0.245. The second-order valence-electron chi connectivity index (χ2n) is 5.97. The minimum Gasteiger partial charge on any atom is -0.508 e. The number of ether oxygens (including phenoxy) is 1. The summed E-state index contributed by atoms with van der Waals surface area (Å²) in [6, 6.07) is 11.4. The largest absolute Gasteiger partial charge is 0.508 e. The van der Waals surface area contributed by atoms with Crippen molar-refractivity contribution >= 4 is 10.1 Å². The molecule has 2 aromatic carbocycles. The summed E-state index contributed by atoms with van der Waals surface area (Å²) in [5, 5.41) is 9.85. The number of phenols is 1. The smallest absolute Gasteiger partial charge is 0.295 e. The van der Waals surface area contributed by atoms with Crippen molar-refractivity contribution in [3.63, 3.8) is 0 Å². The molecular formula is C19H24O5S. The third-order valence-electron chi connectivity index (χ3n) is 3.93. The second-order valence-corrected chi connectivity index (χ2v) is 7.36. The van der Waals surface area contributed by atoms with Crippen LogP contribution in [-0.2, 0) is 16.5 Å². The first-order valence-electron chi connectivity index (χ1n) is 8.48. The van der Waals surface area contributed by atoms with E-state index in [9.17, 15) is 18.1 Å². The van der Waals surface area contributed by atoms with Crippen molar-refractivity contribution in [3.05, 3.63) is 48.0 Å². The number of hydrogen-bond acceptors (Lipinski definition) is 4. The molecule has 5 nitrogen and oxygen atoms in total. The minimum atomic E-state index is -4.46. The van der Waals surface area contributed by atoms with Crippen LogP contribution < -0.4 is 4.74 Å². The predicted molar refractivity (Wildman–Crippen MR) is 96.9 cm³/mol. The molecule has 0 bridgehead atoms. The van der Waals surface area contributed by atoms with Crippen molar-refractivity contribution in [2.24, 2.45) is 0 Å². The maximum atomic E-state index is 11.7. The maximum Gasteiger partial charge on any atom is 0.295 e. The Kier molecular flexibility index (Phi) is 6.84. The zero-order valence-corrected chi connectivity index (χ0v) is 15.1. The third kappa shape index (κ3) is 5.76. The number of unbranched alkanes of at least 4 members (excludes halogenated alkanes) is 4. The van der Waals surface area contributed by atoms with E-state index in [0.717, 1.165) is 38.2 Å². The van der Waals surface area contributed by atoms with E-state index in [1.165, 1.54) is 6.07 Å². The normalized spacial score (nSPS) is 11.4. The van der Waals surface area contributed by atoms with Gasteiger partial charge in [0.05, 0.1) is 0 Å². The van der Waals surface area contributed by atoms with Crippen LogP contribution in [0.15, 0.2) is 47.4 Å². The average Bonchev–Trinajstić information content (AvgIpc) is 2.56. The Labute approximate surface area is 149 Å². The molecule has 0 unspecified atom stereocenters.